The molecule has 8 heteroatoms. The van der Waals surface area contributed by atoms with Crippen LogP contribution in [0.2, 0.25) is 5.02 Å². The van der Waals surface area contributed by atoms with Crippen LogP contribution in [-0.2, 0) is 4.74 Å². The van der Waals surface area contributed by atoms with Crippen molar-refractivity contribution in [1.82, 2.24) is 15.1 Å². The third-order valence-corrected chi connectivity index (χ3v) is 5.10. The number of carbonyl (C=O) groups excluding carboxylic acids is 1. The Morgan fingerprint density at radius 2 is 2.12 bits per heavy atom. The van der Waals surface area contributed by atoms with Crippen LogP contribution in [0.1, 0.15) is 19.8 Å². The average molecular weight is 367 g/mol. The Balaban J connectivity index is 1.57. The van der Waals surface area contributed by atoms with Gasteiger partial charge in [0.15, 0.2) is 5.01 Å². The lowest BCUT2D eigenvalue weighted by molar-refractivity contribution is 0.0983. The summed E-state index contributed by atoms with van der Waals surface area (Å²) in [6.45, 7) is 3.60. The number of ether oxygens (including phenoxy) is 1. The monoisotopic (exact) mass is 366 g/mol. The lowest BCUT2D eigenvalue weighted by Crippen LogP contribution is -2.42. The van der Waals surface area contributed by atoms with E-state index < -0.39 is 0 Å². The van der Waals surface area contributed by atoms with E-state index in [1.807, 2.05) is 31.2 Å². The number of amides is 1. The molecule has 1 aromatic carbocycles. The second-order valence-electron chi connectivity index (χ2n) is 5.50. The van der Waals surface area contributed by atoms with Crippen molar-refractivity contribution in [3.8, 4) is 10.6 Å². The first-order valence-corrected chi connectivity index (χ1v) is 9.13. The molecule has 6 nitrogen and oxygen atoms in total. The first kappa shape index (κ1) is 17.0. The predicted octanol–water partition coefficient (Wildman–Crippen LogP) is 3.89. The van der Waals surface area contributed by atoms with Crippen molar-refractivity contribution in [1.29, 1.82) is 0 Å². The number of piperidine rings is 1. The minimum absolute atomic E-state index is 0.229. The number of nitrogens with zero attached hydrogens (tertiary/aromatic N) is 3. The van der Waals surface area contributed by atoms with Crippen LogP contribution in [0.3, 0.4) is 0 Å². The minimum Gasteiger partial charge on any atom is -0.450 e. The highest BCUT2D eigenvalue weighted by molar-refractivity contribution is 7.18. The summed E-state index contributed by atoms with van der Waals surface area (Å²) < 4.78 is 5.03. The fourth-order valence-corrected chi connectivity index (χ4v) is 3.76. The van der Waals surface area contributed by atoms with Gasteiger partial charge in [-0.25, -0.2) is 4.79 Å². The number of hydrogen-bond acceptors (Lipinski definition) is 6. The Labute approximate surface area is 149 Å². The highest BCUT2D eigenvalue weighted by atomic mass is 35.5. The largest absolute Gasteiger partial charge is 0.450 e. The van der Waals surface area contributed by atoms with E-state index in [1.54, 1.807) is 4.90 Å². The summed E-state index contributed by atoms with van der Waals surface area (Å²) in [6, 6.07) is 7.88. The van der Waals surface area contributed by atoms with Gasteiger partial charge in [0.1, 0.15) is 0 Å². The Morgan fingerprint density at radius 3 is 2.83 bits per heavy atom. The number of benzene rings is 1. The number of rotatable bonds is 4. The molecule has 0 saturated carbocycles. The topological polar surface area (TPSA) is 67.3 Å². The molecule has 3 rings (SSSR count). The van der Waals surface area contributed by atoms with Crippen molar-refractivity contribution in [3.05, 3.63) is 29.3 Å². The zero-order valence-corrected chi connectivity index (χ0v) is 14.9. The maximum absolute atomic E-state index is 11.7. The third kappa shape index (κ3) is 3.96. The molecule has 1 aromatic heterocycles. The van der Waals surface area contributed by atoms with E-state index >= 15 is 0 Å². The third-order valence-electron chi connectivity index (χ3n) is 3.88. The molecule has 24 heavy (non-hydrogen) atoms. The minimum atomic E-state index is -0.229. The van der Waals surface area contributed by atoms with Crippen molar-refractivity contribution in [2.75, 3.05) is 25.0 Å². The van der Waals surface area contributed by atoms with Crippen LogP contribution in [0.15, 0.2) is 24.3 Å². The Morgan fingerprint density at radius 1 is 1.38 bits per heavy atom. The summed E-state index contributed by atoms with van der Waals surface area (Å²) in [5, 5.41) is 14.1. The fraction of sp³-hybridized carbons (Fsp3) is 0.438. The summed E-state index contributed by atoms with van der Waals surface area (Å²) in [5.74, 6) is 0. The molecule has 2 heterocycles. The van der Waals surface area contributed by atoms with Crippen LogP contribution in [0.5, 0.6) is 0 Å². The van der Waals surface area contributed by atoms with Gasteiger partial charge in [-0.3, -0.25) is 0 Å². The van der Waals surface area contributed by atoms with E-state index in [9.17, 15) is 4.79 Å². The lowest BCUT2D eigenvalue weighted by atomic mass is 10.1. The smallest absolute Gasteiger partial charge is 0.409 e. The van der Waals surface area contributed by atoms with Crippen LogP contribution in [0, 0.1) is 0 Å². The van der Waals surface area contributed by atoms with Crippen LogP contribution in [0.4, 0.5) is 9.93 Å². The first-order chi connectivity index (χ1) is 11.7. The maximum atomic E-state index is 11.7. The molecule has 1 N–H and O–H groups in total. The molecular weight excluding hydrogens is 348 g/mol. The highest BCUT2D eigenvalue weighted by Gasteiger charge is 2.24. The molecule has 1 aliphatic heterocycles. The van der Waals surface area contributed by atoms with Gasteiger partial charge in [-0.1, -0.05) is 41.1 Å². The summed E-state index contributed by atoms with van der Waals surface area (Å²) >= 11 is 7.69. The van der Waals surface area contributed by atoms with Gasteiger partial charge in [0.05, 0.1) is 11.6 Å². The average Bonchev–Trinajstić information content (AvgIpc) is 3.04. The number of anilines is 1. The molecule has 1 saturated heterocycles. The molecular formula is C16H19ClN4O2S. The molecule has 128 valence electrons. The number of halogens is 1. The quantitative estimate of drug-likeness (QED) is 0.889. The standard InChI is InChI=1S/C16H19ClN4O2S/c1-2-23-16(22)21-9-7-11(8-10-21)18-15-20-19-14(24-15)12-5-3-4-6-13(12)17/h3-6,11H,2,7-10H2,1H3,(H,18,20). The summed E-state index contributed by atoms with van der Waals surface area (Å²) in [5.41, 5.74) is 0.891. The number of hydrogen-bond donors (Lipinski definition) is 1. The first-order valence-electron chi connectivity index (χ1n) is 7.94. The van der Waals surface area contributed by atoms with E-state index in [1.165, 1.54) is 11.3 Å². The van der Waals surface area contributed by atoms with Crippen molar-refractivity contribution < 1.29 is 9.53 Å². The molecule has 1 fully saturated rings. The maximum Gasteiger partial charge on any atom is 0.409 e. The second-order valence-corrected chi connectivity index (χ2v) is 6.88. The highest BCUT2D eigenvalue weighted by Crippen LogP contribution is 2.32. The molecule has 0 spiro atoms. The van der Waals surface area contributed by atoms with Crippen molar-refractivity contribution in [2.45, 2.75) is 25.8 Å². The van der Waals surface area contributed by atoms with E-state index in [0.29, 0.717) is 24.7 Å². The van der Waals surface area contributed by atoms with Gasteiger partial charge >= 0.3 is 6.09 Å². The van der Waals surface area contributed by atoms with Gasteiger partial charge in [-0.05, 0) is 25.8 Å². The van der Waals surface area contributed by atoms with E-state index in [-0.39, 0.29) is 12.1 Å². The van der Waals surface area contributed by atoms with Crippen LogP contribution >= 0.6 is 22.9 Å². The molecule has 1 aliphatic rings. The molecule has 2 aromatic rings. The van der Waals surface area contributed by atoms with Crippen LogP contribution in [-0.4, -0.2) is 46.9 Å². The number of likely N-dealkylation sites (tertiary alicyclic amines) is 1. The Hall–Kier alpha value is -1.86. The van der Waals surface area contributed by atoms with Crippen molar-refractivity contribution in [2.24, 2.45) is 0 Å². The normalized spacial score (nSPS) is 15.3. The van der Waals surface area contributed by atoms with E-state index in [4.69, 9.17) is 16.3 Å². The van der Waals surface area contributed by atoms with Gasteiger partial charge in [0, 0.05) is 24.7 Å². The van der Waals surface area contributed by atoms with Gasteiger partial charge in [-0.15, -0.1) is 10.2 Å². The SMILES string of the molecule is CCOC(=O)N1CCC(Nc2nnc(-c3ccccc3Cl)s2)CC1. The van der Waals surface area contributed by atoms with Gasteiger partial charge in [0.25, 0.3) is 0 Å². The second kappa shape index (κ2) is 7.81. The number of carbonyl (C=O) groups is 1. The molecule has 0 unspecified atom stereocenters. The summed E-state index contributed by atoms with van der Waals surface area (Å²) in [6.07, 6.45) is 1.49. The molecule has 1 amide bonds. The zero-order chi connectivity index (χ0) is 16.9. The van der Waals surface area contributed by atoms with Gasteiger partial charge in [0.2, 0.25) is 5.13 Å². The molecule has 0 aliphatic carbocycles. The van der Waals surface area contributed by atoms with Crippen molar-refractivity contribution in [3.63, 3.8) is 0 Å². The zero-order valence-electron chi connectivity index (χ0n) is 13.4. The van der Waals surface area contributed by atoms with Gasteiger partial charge < -0.3 is 15.0 Å². The van der Waals surface area contributed by atoms with Gasteiger partial charge in [-0.2, -0.15) is 0 Å². The lowest BCUT2D eigenvalue weighted by Gasteiger charge is -2.31. The Bertz CT molecular complexity index is 701. The van der Waals surface area contributed by atoms with E-state index in [2.05, 4.69) is 15.5 Å². The number of aromatic nitrogens is 2. The fourth-order valence-electron chi connectivity index (χ4n) is 2.62. The van der Waals surface area contributed by atoms with Crippen molar-refractivity contribution >= 4 is 34.2 Å². The summed E-state index contributed by atoms with van der Waals surface area (Å²) in [7, 11) is 0. The predicted molar refractivity (Wildman–Crippen MR) is 95.6 cm³/mol. The molecule has 0 bridgehead atoms. The van der Waals surface area contributed by atoms with E-state index in [0.717, 1.165) is 28.5 Å². The van der Waals surface area contributed by atoms with Crippen LogP contribution in [0.25, 0.3) is 10.6 Å². The summed E-state index contributed by atoms with van der Waals surface area (Å²) in [4.78, 5) is 13.5. The van der Waals surface area contributed by atoms with Crippen LogP contribution < -0.4 is 5.32 Å². The molecule has 0 atom stereocenters. The Kier molecular flexibility index (Phi) is 5.52. The number of nitrogens with one attached hydrogen (secondary N) is 1. The molecule has 0 radical (unpaired) electrons.